The molecule has 6 rings (SSSR count). The van der Waals surface area contributed by atoms with Gasteiger partial charge in [-0.05, 0) is 82.4 Å². The number of benzene rings is 4. The number of aromatic nitrogens is 4. The lowest BCUT2D eigenvalue weighted by atomic mass is 9.83. The Kier molecular flexibility index (Phi) is 9.47. The Hall–Kier alpha value is -5.19. The van der Waals surface area contributed by atoms with Crippen molar-refractivity contribution in [3.8, 4) is 22.6 Å². The van der Waals surface area contributed by atoms with Crippen molar-refractivity contribution < 1.29 is 23.5 Å². The van der Waals surface area contributed by atoms with Crippen LogP contribution in [0.15, 0.2) is 85.2 Å². The third-order valence-electron chi connectivity index (χ3n) is 8.31. The highest BCUT2D eigenvalue weighted by Crippen LogP contribution is 2.40. The van der Waals surface area contributed by atoms with E-state index in [-0.39, 0.29) is 40.8 Å². The van der Waals surface area contributed by atoms with E-state index in [0.29, 0.717) is 33.9 Å². The summed E-state index contributed by atoms with van der Waals surface area (Å²) in [5.41, 5.74) is 4.69. The molecule has 12 heteroatoms. The van der Waals surface area contributed by atoms with Crippen molar-refractivity contribution >= 4 is 46.8 Å². The van der Waals surface area contributed by atoms with Crippen LogP contribution in [-0.4, -0.2) is 56.2 Å². The van der Waals surface area contributed by atoms with Crippen LogP contribution >= 0.6 is 23.2 Å². The summed E-state index contributed by atoms with van der Waals surface area (Å²) >= 11 is 12.8. The van der Waals surface area contributed by atoms with E-state index in [0.717, 1.165) is 16.7 Å². The molecule has 48 heavy (non-hydrogen) atoms. The van der Waals surface area contributed by atoms with Gasteiger partial charge in [-0.1, -0.05) is 65.7 Å². The molecular formula is C36H28Cl2FN5O4. The number of rotatable bonds is 9. The SMILES string of the molecule is COc1ccc(-c2cccc3c2CCN(C(=O)/C=C/c2c(-n4cnnn4)ccc(Cl)c2F)C3C(=O)Cc2ccc(C(C)=O)cc2)c(Cl)c1. The van der Waals surface area contributed by atoms with Crippen molar-refractivity contribution in [3.05, 3.63) is 129 Å². The molecule has 9 nitrogen and oxygen atoms in total. The predicted molar refractivity (Wildman–Crippen MR) is 180 cm³/mol. The van der Waals surface area contributed by atoms with Gasteiger partial charge in [0, 0.05) is 35.7 Å². The molecule has 1 unspecified atom stereocenters. The monoisotopic (exact) mass is 683 g/mol. The van der Waals surface area contributed by atoms with E-state index in [4.69, 9.17) is 27.9 Å². The number of carbonyl (C=O) groups is 3. The van der Waals surface area contributed by atoms with Gasteiger partial charge < -0.3 is 9.64 Å². The quantitative estimate of drug-likeness (QED) is 0.122. The number of carbonyl (C=O) groups excluding carboxylic acids is 3. The summed E-state index contributed by atoms with van der Waals surface area (Å²) in [5, 5.41) is 11.4. The molecule has 4 aromatic carbocycles. The van der Waals surface area contributed by atoms with Gasteiger partial charge in [0.05, 0.1) is 22.8 Å². The van der Waals surface area contributed by atoms with E-state index in [1.54, 1.807) is 43.5 Å². The van der Waals surface area contributed by atoms with E-state index in [1.165, 1.54) is 41.1 Å². The largest absolute Gasteiger partial charge is 0.497 e. The van der Waals surface area contributed by atoms with Crippen molar-refractivity contribution in [1.29, 1.82) is 0 Å². The van der Waals surface area contributed by atoms with Gasteiger partial charge >= 0.3 is 0 Å². The minimum atomic E-state index is -0.960. The van der Waals surface area contributed by atoms with Gasteiger partial charge in [0.1, 0.15) is 18.1 Å². The molecule has 0 aliphatic carbocycles. The fourth-order valence-corrected chi connectivity index (χ4v) is 6.38. The lowest BCUT2D eigenvalue weighted by molar-refractivity contribution is -0.136. The van der Waals surface area contributed by atoms with Gasteiger partial charge in [-0.25, -0.2) is 4.39 Å². The number of amides is 1. The molecule has 1 atom stereocenters. The number of Topliss-reactive ketones (excluding diaryl/α,β-unsaturated/α-hetero) is 2. The van der Waals surface area contributed by atoms with E-state index in [2.05, 4.69) is 15.5 Å². The first-order valence-corrected chi connectivity index (χ1v) is 15.7. The fraction of sp³-hybridized carbons (Fsp3) is 0.167. The molecule has 1 aliphatic heterocycles. The first kappa shape index (κ1) is 32.7. The standard InChI is InChI=1S/C36H28Cl2FN5O4/c1-21(45)23-8-6-22(7-9-23)18-33(46)36-28-5-3-4-25(27-11-10-24(48-2)19-31(27)38)26(28)16-17-43(36)34(47)15-12-29-32(44-20-40-41-42-44)14-13-30(37)35(29)39/h3-15,19-20,36H,16-18H2,1-2H3/b15-12+. The van der Waals surface area contributed by atoms with Crippen molar-refractivity contribution in [2.24, 2.45) is 0 Å². The molecule has 1 amide bonds. The van der Waals surface area contributed by atoms with E-state index < -0.39 is 17.8 Å². The second-order valence-electron chi connectivity index (χ2n) is 11.2. The minimum Gasteiger partial charge on any atom is -0.497 e. The van der Waals surface area contributed by atoms with Crippen LogP contribution in [0.5, 0.6) is 5.75 Å². The van der Waals surface area contributed by atoms with Crippen LogP contribution in [0.25, 0.3) is 22.9 Å². The number of hydrogen-bond donors (Lipinski definition) is 0. The van der Waals surface area contributed by atoms with E-state index >= 15 is 4.39 Å². The Morgan fingerprint density at radius 3 is 2.48 bits per heavy atom. The van der Waals surface area contributed by atoms with Gasteiger partial charge in [-0.2, -0.15) is 4.68 Å². The van der Waals surface area contributed by atoms with Gasteiger partial charge in [0.2, 0.25) is 5.91 Å². The zero-order chi connectivity index (χ0) is 33.9. The molecule has 0 saturated carbocycles. The molecule has 1 aliphatic rings. The summed E-state index contributed by atoms with van der Waals surface area (Å²) < 4.78 is 21.9. The number of ketones is 2. The second-order valence-corrected chi connectivity index (χ2v) is 12.0. The topological polar surface area (TPSA) is 107 Å². The lowest BCUT2D eigenvalue weighted by Crippen LogP contribution is -2.43. The van der Waals surface area contributed by atoms with Crippen LogP contribution in [0.4, 0.5) is 4.39 Å². The Morgan fingerprint density at radius 2 is 1.79 bits per heavy atom. The molecule has 5 aromatic rings. The van der Waals surface area contributed by atoms with Crippen molar-refractivity contribution in [2.45, 2.75) is 25.8 Å². The second kappa shape index (κ2) is 13.9. The molecule has 0 fully saturated rings. The molecule has 242 valence electrons. The summed E-state index contributed by atoms with van der Waals surface area (Å²) in [5.74, 6) is -0.946. The number of halogens is 3. The zero-order valence-electron chi connectivity index (χ0n) is 25.9. The highest BCUT2D eigenvalue weighted by atomic mass is 35.5. The molecule has 0 spiro atoms. The number of methoxy groups -OCH3 is 1. The summed E-state index contributed by atoms with van der Waals surface area (Å²) in [4.78, 5) is 41.5. The maximum Gasteiger partial charge on any atom is 0.247 e. The average Bonchev–Trinajstić information content (AvgIpc) is 3.63. The van der Waals surface area contributed by atoms with Gasteiger partial charge in [0.25, 0.3) is 0 Å². The van der Waals surface area contributed by atoms with E-state index in [1.807, 2.05) is 30.3 Å². The number of nitrogens with zero attached hydrogens (tertiary/aromatic N) is 5. The minimum absolute atomic E-state index is 0.00503. The Labute approximate surface area is 285 Å². The highest BCUT2D eigenvalue weighted by Gasteiger charge is 2.36. The molecule has 0 saturated heterocycles. The average molecular weight is 685 g/mol. The van der Waals surface area contributed by atoms with Crippen LogP contribution in [-0.2, 0) is 22.4 Å². The van der Waals surface area contributed by atoms with Gasteiger partial charge in [-0.15, -0.1) is 5.10 Å². The maximum atomic E-state index is 15.3. The summed E-state index contributed by atoms with van der Waals surface area (Å²) in [6.45, 7) is 1.68. The van der Waals surface area contributed by atoms with Crippen molar-refractivity contribution in [1.82, 2.24) is 25.1 Å². The number of tetrazole rings is 1. The van der Waals surface area contributed by atoms with Crippen LogP contribution in [0, 0.1) is 5.82 Å². The summed E-state index contributed by atoms with van der Waals surface area (Å²) in [6.07, 6.45) is 4.28. The van der Waals surface area contributed by atoms with Crippen molar-refractivity contribution in [3.63, 3.8) is 0 Å². The van der Waals surface area contributed by atoms with Crippen molar-refractivity contribution in [2.75, 3.05) is 13.7 Å². The summed E-state index contributed by atoms with van der Waals surface area (Å²) in [6, 6.07) is 19.8. The van der Waals surface area contributed by atoms with Gasteiger partial charge in [-0.3, -0.25) is 14.4 Å². The molecule has 1 aromatic heterocycles. The summed E-state index contributed by atoms with van der Waals surface area (Å²) in [7, 11) is 1.56. The Balaban J connectivity index is 1.40. The van der Waals surface area contributed by atoms with Gasteiger partial charge in [0.15, 0.2) is 17.4 Å². The molecule has 2 heterocycles. The lowest BCUT2D eigenvalue weighted by Gasteiger charge is -2.37. The first-order valence-electron chi connectivity index (χ1n) is 14.9. The Bertz CT molecular complexity index is 2070. The molecule has 0 radical (unpaired) electrons. The van der Waals surface area contributed by atoms with Crippen LogP contribution in [0.3, 0.4) is 0 Å². The van der Waals surface area contributed by atoms with Crippen LogP contribution in [0.2, 0.25) is 10.0 Å². The zero-order valence-corrected chi connectivity index (χ0v) is 27.4. The normalized spacial score (nSPS) is 14.2. The predicted octanol–water partition coefficient (Wildman–Crippen LogP) is 6.94. The fourth-order valence-electron chi connectivity index (χ4n) is 5.94. The smallest absolute Gasteiger partial charge is 0.247 e. The molecule has 0 bridgehead atoms. The number of fused-ring (bicyclic) bond motifs is 1. The van der Waals surface area contributed by atoms with Crippen LogP contribution < -0.4 is 4.74 Å². The molecule has 0 N–H and O–H groups in total. The molecular weight excluding hydrogens is 656 g/mol. The van der Waals surface area contributed by atoms with Crippen LogP contribution in [0.1, 0.15) is 45.6 Å². The number of hydrogen-bond acceptors (Lipinski definition) is 7. The van der Waals surface area contributed by atoms with E-state index in [9.17, 15) is 14.4 Å². The highest BCUT2D eigenvalue weighted by molar-refractivity contribution is 6.33. The third-order valence-corrected chi connectivity index (χ3v) is 8.92. The maximum absolute atomic E-state index is 15.3. The Morgan fingerprint density at radius 1 is 1.00 bits per heavy atom. The number of ether oxygens (including phenoxy) is 1. The third kappa shape index (κ3) is 6.49. The first-order chi connectivity index (χ1) is 23.2.